The smallest absolute Gasteiger partial charge is 0.260 e. The number of anilines is 1. The predicted molar refractivity (Wildman–Crippen MR) is 111 cm³/mol. The van der Waals surface area contributed by atoms with Gasteiger partial charge in [-0.15, -0.1) is 0 Å². The van der Waals surface area contributed by atoms with Gasteiger partial charge in [-0.25, -0.2) is 14.6 Å². The van der Waals surface area contributed by atoms with Crippen molar-refractivity contribution in [2.75, 3.05) is 44.8 Å². The summed E-state index contributed by atoms with van der Waals surface area (Å²) in [5.41, 5.74) is 0. The zero-order valence-corrected chi connectivity index (χ0v) is 17.1. The van der Waals surface area contributed by atoms with Gasteiger partial charge >= 0.3 is 0 Å². The largest absolute Gasteiger partial charge is 0.497 e. The van der Waals surface area contributed by atoms with Crippen molar-refractivity contribution >= 4 is 11.7 Å². The molecule has 0 bridgehead atoms. The van der Waals surface area contributed by atoms with Crippen molar-refractivity contribution in [3.8, 4) is 17.3 Å². The van der Waals surface area contributed by atoms with Gasteiger partial charge in [0, 0.05) is 44.6 Å². The number of methoxy groups -OCH3 is 1. The number of carbonyl (C=O) groups is 1. The maximum atomic E-state index is 12.5. The Kier molecular flexibility index (Phi) is 5.78. The summed E-state index contributed by atoms with van der Waals surface area (Å²) in [5.74, 6) is 3.63. The Morgan fingerprint density at radius 2 is 1.73 bits per heavy atom. The third kappa shape index (κ3) is 4.51. The minimum Gasteiger partial charge on any atom is -0.497 e. The molecule has 156 valence electrons. The van der Waals surface area contributed by atoms with E-state index in [-0.39, 0.29) is 12.5 Å². The molecule has 0 N–H and O–H groups in total. The van der Waals surface area contributed by atoms with Crippen LogP contribution in [0.3, 0.4) is 0 Å². The number of hydrogen-bond donors (Lipinski definition) is 0. The Bertz CT molecular complexity index is 982. The Hall–Kier alpha value is -3.62. The van der Waals surface area contributed by atoms with Crippen LogP contribution < -0.4 is 14.4 Å². The number of piperazine rings is 1. The summed E-state index contributed by atoms with van der Waals surface area (Å²) < 4.78 is 12.5. The second kappa shape index (κ2) is 8.81. The summed E-state index contributed by atoms with van der Waals surface area (Å²) in [6, 6.07) is 11.0. The van der Waals surface area contributed by atoms with Crippen LogP contribution in [0.5, 0.6) is 11.5 Å². The topological polar surface area (TPSA) is 85.6 Å². The van der Waals surface area contributed by atoms with Gasteiger partial charge in [-0.05, 0) is 37.3 Å². The van der Waals surface area contributed by atoms with E-state index < -0.39 is 0 Å². The zero-order valence-electron chi connectivity index (χ0n) is 17.1. The van der Waals surface area contributed by atoms with Gasteiger partial charge in [0.2, 0.25) is 0 Å². The quantitative estimate of drug-likeness (QED) is 0.614. The van der Waals surface area contributed by atoms with Gasteiger partial charge < -0.3 is 19.3 Å². The molecule has 0 aliphatic carbocycles. The van der Waals surface area contributed by atoms with Crippen LogP contribution in [0, 0.1) is 6.92 Å². The zero-order chi connectivity index (χ0) is 20.9. The lowest BCUT2D eigenvalue weighted by Crippen LogP contribution is -2.50. The predicted octanol–water partition coefficient (Wildman–Crippen LogP) is 1.71. The number of amides is 1. The van der Waals surface area contributed by atoms with E-state index in [1.807, 2.05) is 30.2 Å². The van der Waals surface area contributed by atoms with Crippen LogP contribution in [0.25, 0.3) is 5.82 Å². The van der Waals surface area contributed by atoms with Gasteiger partial charge in [0.05, 0.1) is 7.11 Å². The Morgan fingerprint density at radius 3 is 2.40 bits per heavy atom. The van der Waals surface area contributed by atoms with Crippen LogP contribution in [0.1, 0.15) is 5.82 Å². The minimum atomic E-state index is -0.0263. The summed E-state index contributed by atoms with van der Waals surface area (Å²) in [4.78, 5) is 25.5. The molecule has 4 rings (SSSR count). The van der Waals surface area contributed by atoms with Gasteiger partial charge in [-0.2, -0.15) is 5.10 Å². The maximum Gasteiger partial charge on any atom is 0.260 e. The molecule has 2 aromatic heterocycles. The van der Waals surface area contributed by atoms with E-state index in [1.54, 1.807) is 42.3 Å². The molecule has 1 aliphatic heterocycles. The van der Waals surface area contributed by atoms with Gasteiger partial charge in [-0.3, -0.25) is 4.79 Å². The Balaban J connectivity index is 1.32. The van der Waals surface area contributed by atoms with Crippen molar-refractivity contribution < 1.29 is 14.3 Å². The number of carbonyl (C=O) groups excluding carboxylic acids is 1. The van der Waals surface area contributed by atoms with Crippen LogP contribution in [0.2, 0.25) is 0 Å². The number of ether oxygens (including phenoxy) is 2. The number of aryl methyl sites for hydroxylation is 1. The molecular formula is C21H24N6O3. The first-order valence-electron chi connectivity index (χ1n) is 9.77. The number of hydrogen-bond acceptors (Lipinski definition) is 7. The summed E-state index contributed by atoms with van der Waals surface area (Å²) in [7, 11) is 1.61. The van der Waals surface area contributed by atoms with Crippen molar-refractivity contribution in [3.05, 3.63) is 54.6 Å². The molecule has 0 atom stereocenters. The molecular weight excluding hydrogens is 384 g/mol. The van der Waals surface area contributed by atoms with Crippen LogP contribution in [0.15, 0.2) is 48.8 Å². The highest BCUT2D eigenvalue weighted by atomic mass is 16.5. The molecule has 30 heavy (non-hydrogen) atoms. The molecule has 1 aromatic carbocycles. The number of benzene rings is 1. The second-order valence-electron chi connectivity index (χ2n) is 6.91. The number of rotatable bonds is 6. The SMILES string of the molecule is COc1ccc(OCC(=O)N2CCN(c3cc(-n4cccn4)nc(C)n3)CC2)cc1. The van der Waals surface area contributed by atoms with Gasteiger partial charge in [0.1, 0.15) is 23.1 Å². The lowest BCUT2D eigenvalue weighted by Gasteiger charge is -2.35. The third-order valence-electron chi connectivity index (χ3n) is 4.93. The van der Waals surface area contributed by atoms with Crippen molar-refractivity contribution in [2.45, 2.75) is 6.92 Å². The summed E-state index contributed by atoms with van der Waals surface area (Å²) in [6.07, 6.45) is 3.57. The van der Waals surface area contributed by atoms with E-state index in [0.29, 0.717) is 37.8 Å². The molecule has 0 spiro atoms. The maximum absolute atomic E-state index is 12.5. The van der Waals surface area contributed by atoms with Crippen LogP contribution in [-0.4, -0.2) is 70.5 Å². The first-order valence-corrected chi connectivity index (χ1v) is 9.77. The van der Waals surface area contributed by atoms with Crippen molar-refractivity contribution in [1.82, 2.24) is 24.6 Å². The van der Waals surface area contributed by atoms with Crippen molar-refractivity contribution in [1.29, 1.82) is 0 Å². The molecule has 1 saturated heterocycles. The molecule has 3 heterocycles. The lowest BCUT2D eigenvalue weighted by atomic mass is 10.3. The molecule has 9 heteroatoms. The van der Waals surface area contributed by atoms with Gasteiger partial charge in [-0.1, -0.05) is 0 Å². The Labute approximate surface area is 174 Å². The van der Waals surface area contributed by atoms with Gasteiger partial charge in [0.15, 0.2) is 12.4 Å². The molecule has 0 saturated carbocycles. The fourth-order valence-electron chi connectivity index (χ4n) is 3.31. The third-order valence-corrected chi connectivity index (χ3v) is 4.93. The molecule has 3 aromatic rings. The molecule has 1 fully saturated rings. The van der Waals surface area contributed by atoms with Crippen molar-refractivity contribution in [3.63, 3.8) is 0 Å². The minimum absolute atomic E-state index is 0.0163. The van der Waals surface area contributed by atoms with Crippen LogP contribution in [0.4, 0.5) is 5.82 Å². The van der Waals surface area contributed by atoms with E-state index in [9.17, 15) is 4.79 Å². The highest BCUT2D eigenvalue weighted by Gasteiger charge is 2.23. The normalized spacial score (nSPS) is 13.9. The lowest BCUT2D eigenvalue weighted by molar-refractivity contribution is -0.133. The highest BCUT2D eigenvalue weighted by molar-refractivity contribution is 5.78. The van der Waals surface area contributed by atoms with Crippen molar-refractivity contribution in [2.24, 2.45) is 0 Å². The molecule has 0 unspecified atom stereocenters. The molecule has 1 aliphatic rings. The fourth-order valence-corrected chi connectivity index (χ4v) is 3.31. The van der Waals surface area contributed by atoms with E-state index in [4.69, 9.17) is 9.47 Å². The average molecular weight is 408 g/mol. The monoisotopic (exact) mass is 408 g/mol. The Morgan fingerprint density at radius 1 is 1.03 bits per heavy atom. The average Bonchev–Trinajstić information content (AvgIpc) is 3.33. The van der Waals surface area contributed by atoms with Crippen LogP contribution >= 0.6 is 0 Å². The van der Waals surface area contributed by atoms with E-state index in [0.717, 1.165) is 17.4 Å². The fraction of sp³-hybridized carbons (Fsp3) is 0.333. The molecule has 1 amide bonds. The summed E-state index contributed by atoms with van der Waals surface area (Å²) >= 11 is 0. The molecule has 0 radical (unpaired) electrons. The first-order chi connectivity index (χ1) is 14.6. The summed E-state index contributed by atoms with van der Waals surface area (Å²) in [5, 5.41) is 4.24. The summed E-state index contributed by atoms with van der Waals surface area (Å²) in [6.45, 7) is 4.51. The second-order valence-corrected chi connectivity index (χ2v) is 6.91. The first kappa shape index (κ1) is 19.7. The number of aromatic nitrogens is 4. The van der Waals surface area contributed by atoms with Crippen LogP contribution in [-0.2, 0) is 4.79 Å². The van der Waals surface area contributed by atoms with E-state index in [2.05, 4.69) is 20.0 Å². The highest BCUT2D eigenvalue weighted by Crippen LogP contribution is 2.19. The standard InChI is InChI=1S/C21H24N6O3/c1-16-23-19(14-20(24-16)27-9-3-8-22-27)25-10-12-26(13-11-25)21(28)15-30-18-6-4-17(29-2)5-7-18/h3-9,14H,10-13,15H2,1-2H3. The van der Waals surface area contributed by atoms with E-state index >= 15 is 0 Å². The van der Waals surface area contributed by atoms with Gasteiger partial charge in [0.25, 0.3) is 5.91 Å². The van der Waals surface area contributed by atoms with E-state index in [1.165, 1.54) is 0 Å². The number of nitrogens with zero attached hydrogens (tertiary/aromatic N) is 6. The molecule has 9 nitrogen and oxygen atoms in total.